The van der Waals surface area contributed by atoms with Crippen molar-refractivity contribution in [2.45, 2.75) is 25.8 Å². The van der Waals surface area contributed by atoms with E-state index in [0.29, 0.717) is 6.04 Å². The van der Waals surface area contributed by atoms with Gasteiger partial charge in [-0.3, -0.25) is 0 Å². The fourth-order valence-corrected chi connectivity index (χ4v) is 3.81. The third-order valence-corrected chi connectivity index (χ3v) is 5.35. The quantitative estimate of drug-likeness (QED) is 0.344. The molecule has 2 aliphatic carbocycles. The van der Waals surface area contributed by atoms with E-state index in [2.05, 4.69) is 60.8 Å². The Morgan fingerprint density at radius 1 is 0.893 bits per heavy atom. The molecular weight excluding hydrogens is 366 g/mol. The number of fused-ring (bicyclic) bond motifs is 1. The van der Waals surface area contributed by atoms with Crippen LogP contribution in [0.3, 0.4) is 0 Å². The van der Waals surface area contributed by atoms with E-state index < -0.39 is 0 Å². The zero-order valence-electron chi connectivity index (χ0n) is 16.0. The molecule has 1 aromatic carbocycles. The van der Waals surface area contributed by atoms with E-state index in [-0.39, 0.29) is 0 Å². The summed E-state index contributed by atoms with van der Waals surface area (Å²) in [4.78, 5) is 0. The van der Waals surface area contributed by atoms with Crippen LogP contribution in [0.4, 0.5) is 0 Å². The summed E-state index contributed by atoms with van der Waals surface area (Å²) in [5.41, 5.74) is 4.98. The van der Waals surface area contributed by atoms with E-state index in [1.807, 2.05) is 30.3 Å². The normalized spacial score (nSPS) is 12.4. The van der Waals surface area contributed by atoms with Crippen molar-refractivity contribution in [2.75, 3.05) is 6.54 Å². The molecule has 0 radical (unpaired) electrons. The van der Waals surface area contributed by atoms with Gasteiger partial charge in [0.2, 0.25) is 0 Å². The minimum atomic E-state index is 0.318. The molecule has 0 saturated heterocycles. The van der Waals surface area contributed by atoms with E-state index >= 15 is 0 Å². The van der Waals surface area contributed by atoms with Crippen LogP contribution < -0.4 is 5.32 Å². The molecule has 28 heavy (non-hydrogen) atoms. The summed E-state index contributed by atoms with van der Waals surface area (Å²) in [7, 11) is 0. The average Bonchev–Trinajstić information content (AvgIpc) is 3.26. The minimum absolute atomic E-state index is 0.318. The van der Waals surface area contributed by atoms with E-state index in [9.17, 15) is 0 Å². The van der Waals surface area contributed by atoms with Crippen molar-refractivity contribution in [1.82, 2.24) is 5.32 Å². The summed E-state index contributed by atoms with van der Waals surface area (Å²) < 4.78 is 5.99. The van der Waals surface area contributed by atoms with Gasteiger partial charge in [0.05, 0.1) is 0 Å². The van der Waals surface area contributed by atoms with Crippen molar-refractivity contribution in [2.24, 2.45) is 0 Å². The van der Waals surface area contributed by atoms with Gasteiger partial charge in [-0.05, 0) is 60.8 Å². The summed E-state index contributed by atoms with van der Waals surface area (Å²) in [6, 6.07) is 27.2. The monoisotopic (exact) mass is 389 g/mol. The maximum atomic E-state index is 6.07. The van der Waals surface area contributed by atoms with Crippen LogP contribution in [0.25, 0.3) is 22.5 Å². The molecule has 0 fully saturated rings. The molecule has 0 aliphatic heterocycles. The smallest absolute Gasteiger partial charge is 0.134 e. The van der Waals surface area contributed by atoms with Crippen LogP contribution in [0.15, 0.2) is 83.3 Å². The molecule has 1 heterocycles. The van der Waals surface area contributed by atoms with Crippen molar-refractivity contribution in [3.8, 4) is 22.5 Å². The summed E-state index contributed by atoms with van der Waals surface area (Å²) >= 11 is 6.07. The Morgan fingerprint density at radius 2 is 1.75 bits per heavy atom. The van der Waals surface area contributed by atoms with Crippen molar-refractivity contribution >= 4 is 11.6 Å². The highest BCUT2D eigenvalue weighted by atomic mass is 35.5. The van der Waals surface area contributed by atoms with Gasteiger partial charge in [-0.2, -0.15) is 0 Å². The number of aryl methyl sites for hydroxylation is 1. The van der Waals surface area contributed by atoms with Crippen LogP contribution in [0, 0.1) is 0 Å². The minimum Gasteiger partial charge on any atom is -0.461 e. The lowest BCUT2D eigenvalue weighted by Gasteiger charge is -2.14. The van der Waals surface area contributed by atoms with E-state index in [1.54, 1.807) is 0 Å². The Bertz CT molecular complexity index is 1020. The van der Waals surface area contributed by atoms with Crippen molar-refractivity contribution in [3.05, 3.63) is 95.2 Å². The molecule has 1 aromatic heterocycles. The zero-order chi connectivity index (χ0) is 19.3. The van der Waals surface area contributed by atoms with E-state index in [4.69, 9.17) is 16.0 Å². The van der Waals surface area contributed by atoms with Crippen molar-refractivity contribution in [3.63, 3.8) is 0 Å². The fourth-order valence-electron chi connectivity index (χ4n) is 3.62. The molecule has 1 atom stereocenters. The van der Waals surface area contributed by atoms with Gasteiger partial charge >= 0.3 is 0 Å². The molecule has 0 spiro atoms. The van der Waals surface area contributed by atoms with Crippen LogP contribution in [0.5, 0.6) is 0 Å². The summed E-state index contributed by atoms with van der Waals surface area (Å²) in [6.07, 6.45) is 1.94. The van der Waals surface area contributed by atoms with Crippen LogP contribution in [0.2, 0.25) is 5.02 Å². The number of furan rings is 1. The second-order valence-corrected chi connectivity index (χ2v) is 7.56. The Kier molecular flexibility index (Phi) is 5.80. The number of hydrogen-bond donors (Lipinski definition) is 1. The Balaban J connectivity index is 1.30. The second-order valence-electron chi connectivity index (χ2n) is 7.12. The largest absolute Gasteiger partial charge is 0.461 e. The predicted molar refractivity (Wildman–Crippen MR) is 117 cm³/mol. The number of benzene rings is 1. The molecule has 2 nitrogen and oxygen atoms in total. The van der Waals surface area contributed by atoms with Crippen LogP contribution in [0.1, 0.15) is 30.7 Å². The van der Waals surface area contributed by atoms with Gasteiger partial charge in [-0.15, -0.1) is 0 Å². The van der Waals surface area contributed by atoms with Gasteiger partial charge < -0.3 is 9.73 Å². The first-order chi connectivity index (χ1) is 13.7. The highest BCUT2D eigenvalue weighted by Gasteiger charge is 2.13. The molecule has 142 valence electrons. The van der Waals surface area contributed by atoms with E-state index in [0.717, 1.165) is 41.5 Å². The van der Waals surface area contributed by atoms with Gasteiger partial charge in [-0.25, -0.2) is 0 Å². The van der Waals surface area contributed by atoms with Crippen molar-refractivity contribution in [1.29, 1.82) is 0 Å². The number of nitrogens with one attached hydrogen (secondary N) is 1. The molecule has 4 rings (SSSR count). The average molecular weight is 390 g/mol. The first-order valence-corrected chi connectivity index (χ1v) is 10.1. The maximum Gasteiger partial charge on any atom is 0.134 e. The first kappa shape index (κ1) is 18.8. The fraction of sp³-hybridized carbons (Fsp3) is 0.200. The summed E-state index contributed by atoms with van der Waals surface area (Å²) in [5, 5.41) is 4.37. The zero-order valence-corrected chi connectivity index (χ0v) is 16.7. The number of hydrogen-bond acceptors (Lipinski definition) is 2. The van der Waals surface area contributed by atoms with Crippen molar-refractivity contribution < 1.29 is 4.42 Å². The van der Waals surface area contributed by atoms with Gasteiger partial charge in [0.1, 0.15) is 11.5 Å². The molecule has 0 bridgehead atoms. The van der Waals surface area contributed by atoms with Gasteiger partial charge in [0, 0.05) is 23.0 Å². The lowest BCUT2D eigenvalue weighted by molar-refractivity contribution is 0.495. The van der Waals surface area contributed by atoms with Gasteiger partial charge in [-0.1, -0.05) is 66.2 Å². The molecular formula is C25H24ClNO. The highest BCUT2D eigenvalue weighted by molar-refractivity contribution is 6.30. The molecule has 2 aromatic rings. The second kappa shape index (κ2) is 8.64. The molecule has 3 heteroatoms. The number of halogens is 1. The van der Waals surface area contributed by atoms with Crippen LogP contribution in [-0.4, -0.2) is 6.54 Å². The topological polar surface area (TPSA) is 25.2 Å². The third-order valence-electron chi connectivity index (χ3n) is 5.11. The Morgan fingerprint density at radius 3 is 2.64 bits per heavy atom. The van der Waals surface area contributed by atoms with Gasteiger partial charge in [0.25, 0.3) is 0 Å². The lowest BCUT2D eigenvalue weighted by Crippen LogP contribution is -2.20. The lowest BCUT2D eigenvalue weighted by atomic mass is 10.0. The standard InChI is InChI=1S/C25H24ClNO/c1-18(23-14-12-19-7-3-2-4-11-24(19)23)27-16-6-10-22-13-15-25(28-22)20-8-5-9-21(26)17-20/h2-5,7-9,11-15,17-18,27H,6,10,16H2,1H3. The molecule has 1 unspecified atom stereocenters. The number of rotatable bonds is 7. The molecule has 1 N–H and O–H groups in total. The highest BCUT2D eigenvalue weighted by Crippen LogP contribution is 2.31. The van der Waals surface area contributed by atoms with E-state index in [1.165, 1.54) is 16.7 Å². The SMILES string of the molecule is CC(NCCCc1ccc(-c2cccc(Cl)c2)o1)c1ccc2cccccc1-2. The maximum absolute atomic E-state index is 6.07. The molecule has 0 saturated carbocycles. The van der Waals surface area contributed by atoms with Gasteiger partial charge in [0.15, 0.2) is 0 Å². The van der Waals surface area contributed by atoms with Crippen LogP contribution >= 0.6 is 11.6 Å². The summed E-state index contributed by atoms with van der Waals surface area (Å²) in [6.45, 7) is 3.17. The van der Waals surface area contributed by atoms with Crippen LogP contribution in [-0.2, 0) is 6.42 Å². The Hall–Kier alpha value is -2.55. The first-order valence-electron chi connectivity index (χ1n) is 9.76. The molecule has 0 amide bonds. The Labute approximate surface area is 171 Å². The predicted octanol–water partition coefficient (Wildman–Crippen LogP) is 6.99. The summed E-state index contributed by atoms with van der Waals surface area (Å²) in [5.74, 6) is 1.88. The third kappa shape index (κ3) is 4.30. The molecule has 2 aliphatic rings.